The van der Waals surface area contributed by atoms with E-state index in [4.69, 9.17) is 8.85 Å². The average Bonchev–Trinajstić information content (AvgIpc) is 3.82. The summed E-state index contributed by atoms with van der Waals surface area (Å²) in [7, 11) is -3.84. The number of hydrogen-bond donors (Lipinski definition) is 0. The van der Waals surface area contributed by atoms with Gasteiger partial charge in [-0.05, 0) is 134 Å². The van der Waals surface area contributed by atoms with Gasteiger partial charge in [-0.25, -0.2) is 0 Å². The van der Waals surface area contributed by atoms with Crippen molar-refractivity contribution >= 4 is 16.6 Å². The molecule has 218 valence electrons. The van der Waals surface area contributed by atoms with Crippen LogP contribution in [0, 0.1) is 35.5 Å². The van der Waals surface area contributed by atoms with Gasteiger partial charge in [0.1, 0.15) is 11.5 Å². The molecule has 0 aromatic carbocycles. The molecule has 0 saturated heterocycles. The highest BCUT2D eigenvalue weighted by Gasteiger charge is 2.49. The second-order valence-corrected chi connectivity index (χ2v) is 23.5. The summed E-state index contributed by atoms with van der Waals surface area (Å²) in [6, 6.07) is 0. The Labute approximate surface area is 255 Å². The number of rotatable bonds is 9. The molecular weight excluding hydrogens is 545 g/mol. The minimum atomic E-state index is -1.92. The van der Waals surface area contributed by atoms with Crippen LogP contribution in [0.3, 0.4) is 0 Å². The SMILES string of the molecule is C[Si](C)(OC1=CC2C=CC=CC2=C1CCC1=C(O[Si](C)(C)C2CC3C=CC2C3)C=C2C=CC=CC21)C1CC2C=CC1C2. The van der Waals surface area contributed by atoms with E-state index < -0.39 is 16.6 Å². The molecule has 0 aliphatic heterocycles. The first-order chi connectivity index (χ1) is 20.2. The monoisotopic (exact) mass is 590 g/mol. The largest absolute Gasteiger partial charge is 0.544 e. The van der Waals surface area contributed by atoms with Crippen LogP contribution in [0.2, 0.25) is 37.3 Å². The predicted octanol–water partition coefficient (Wildman–Crippen LogP) is 10.0. The fraction of sp³-hybridized carbons (Fsp3) is 0.474. The highest BCUT2D eigenvalue weighted by molar-refractivity contribution is 6.73. The van der Waals surface area contributed by atoms with Crippen LogP contribution in [0.25, 0.3) is 0 Å². The molecule has 2 fully saturated rings. The summed E-state index contributed by atoms with van der Waals surface area (Å²) < 4.78 is 14.4. The van der Waals surface area contributed by atoms with Crippen LogP contribution in [0.15, 0.2) is 119 Å². The number of hydrogen-bond acceptors (Lipinski definition) is 2. The minimum Gasteiger partial charge on any atom is -0.544 e. The fourth-order valence-corrected chi connectivity index (χ4v) is 15.8. The Hall–Kier alpha value is -2.57. The maximum absolute atomic E-state index is 7.22. The average molecular weight is 591 g/mol. The Balaban J connectivity index is 1.06. The lowest BCUT2D eigenvalue weighted by atomic mass is 9.87. The Morgan fingerprint density at radius 2 is 1.36 bits per heavy atom. The zero-order chi connectivity index (χ0) is 28.6. The molecule has 42 heavy (non-hydrogen) atoms. The van der Waals surface area contributed by atoms with Gasteiger partial charge in [-0.2, -0.15) is 0 Å². The van der Waals surface area contributed by atoms with Gasteiger partial charge in [0.2, 0.25) is 16.6 Å². The molecule has 0 heterocycles. The van der Waals surface area contributed by atoms with Gasteiger partial charge in [0.15, 0.2) is 0 Å². The number of fused-ring (bicyclic) bond motifs is 6. The van der Waals surface area contributed by atoms with Crippen molar-refractivity contribution in [1.29, 1.82) is 0 Å². The normalized spacial score (nSPS) is 36.9. The Bertz CT molecular complexity index is 1490. The van der Waals surface area contributed by atoms with E-state index in [1.807, 2.05) is 0 Å². The lowest BCUT2D eigenvalue weighted by Gasteiger charge is -2.35. The van der Waals surface area contributed by atoms with Crippen molar-refractivity contribution in [3.63, 3.8) is 0 Å². The molecule has 0 radical (unpaired) electrons. The number of allylic oxidation sites excluding steroid dienone is 18. The fourth-order valence-electron chi connectivity index (χ4n) is 9.70. The second kappa shape index (κ2) is 9.99. The van der Waals surface area contributed by atoms with E-state index in [9.17, 15) is 0 Å². The first-order valence-electron chi connectivity index (χ1n) is 16.6. The molecule has 0 N–H and O–H groups in total. The molecule has 2 nitrogen and oxygen atoms in total. The summed E-state index contributed by atoms with van der Waals surface area (Å²) >= 11 is 0. The first-order valence-corrected chi connectivity index (χ1v) is 22.6. The molecule has 8 unspecified atom stereocenters. The summed E-state index contributed by atoms with van der Waals surface area (Å²) in [5.74, 6) is 6.10. The third-order valence-corrected chi connectivity index (χ3v) is 18.2. The lowest BCUT2D eigenvalue weighted by Crippen LogP contribution is -2.38. The molecule has 8 aliphatic rings. The smallest absolute Gasteiger partial charge is 0.248 e. The van der Waals surface area contributed by atoms with Gasteiger partial charge in [-0.3, -0.25) is 0 Å². The zero-order valence-corrected chi connectivity index (χ0v) is 27.8. The van der Waals surface area contributed by atoms with Crippen LogP contribution in [0.4, 0.5) is 0 Å². The van der Waals surface area contributed by atoms with Crippen LogP contribution >= 0.6 is 0 Å². The van der Waals surface area contributed by atoms with Crippen molar-refractivity contribution in [3.8, 4) is 0 Å². The van der Waals surface area contributed by atoms with Crippen molar-refractivity contribution in [3.05, 3.63) is 119 Å². The van der Waals surface area contributed by atoms with Gasteiger partial charge in [0.25, 0.3) is 0 Å². The molecule has 4 heteroatoms. The van der Waals surface area contributed by atoms with Gasteiger partial charge >= 0.3 is 0 Å². The summed E-state index contributed by atoms with van der Waals surface area (Å²) in [4.78, 5) is 0. The van der Waals surface area contributed by atoms with E-state index in [-0.39, 0.29) is 0 Å². The minimum absolute atomic E-state index is 0.347. The summed E-state index contributed by atoms with van der Waals surface area (Å²) in [5, 5.41) is 0. The summed E-state index contributed by atoms with van der Waals surface area (Å²) in [6.07, 6.45) is 40.3. The zero-order valence-electron chi connectivity index (χ0n) is 25.8. The van der Waals surface area contributed by atoms with E-state index in [1.165, 1.54) is 59.5 Å². The molecule has 4 bridgehead atoms. The van der Waals surface area contributed by atoms with Gasteiger partial charge in [-0.1, -0.05) is 72.9 Å². The molecule has 0 amide bonds. The highest BCUT2D eigenvalue weighted by atomic mass is 28.4. The van der Waals surface area contributed by atoms with E-state index in [0.29, 0.717) is 11.8 Å². The van der Waals surface area contributed by atoms with Gasteiger partial charge in [0, 0.05) is 11.8 Å². The summed E-state index contributed by atoms with van der Waals surface area (Å²) in [5.41, 5.74) is 7.21. The molecule has 8 aliphatic carbocycles. The topological polar surface area (TPSA) is 18.5 Å². The predicted molar refractivity (Wildman–Crippen MR) is 178 cm³/mol. The molecule has 8 atom stereocenters. The quantitative estimate of drug-likeness (QED) is 0.196. The molecule has 8 rings (SSSR count). The van der Waals surface area contributed by atoms with Crippen molar-refractivity contribution < 1.29 is 8.85 Å². The van der Waals surface area contributed by atoms with Gasteiger partial charge in [-0.15, -0.1) is 0 Å². The van der Waals surface area contributed by atoms with Crippen molar-refractivity contribution in [2.75, 3.05) is 0 Å². The summed E-state index contributed by atoms with van der Waals surface area (Å²) in [6.45, 7) is 9.89. The third kappa shape index (κ3) is 4.56. The maximum Gasteiger partial charge on any atom is 0.248 e. The Kier molecular flexibility index (Phi) is 6.42. The molecule has 2 saturated carbocycles. The van der Waals surface area contributed by atoms with Gasteiger partial charge < -0.3 is 8.85 Å². The maximum atomic E-state index is 7.22. The standard InChI is InChI=1S/C38H46O2Si2/c1-41(2,37-21-25-13-15-29(37)19-25)39-35-23-27-9-5-7-11-31(27)33(35)17-18-34-32-12-8-6-10-28(32)24-36(34)40-42(3,4)38-22-26-14-16-30(38)20-26/h5-16,23-27,29-30,32,37-38H,17-22H2,1-4H3. The van der Waals surface area contributed by atoms with Crippen molar-refractivity contribution in [2.24, 2.45) is 35.5 Å². The van der Waals surface area contributed by atoms with Gasteiger partial charge in [0.05, 0.1) is 0 Å². The second-order valence-electron chi connectivity index (χ2n) is 15.2. The van der Waals surface area contributed by atoms with E-state index in [0.717, 1.165) is 47.6 Å². The van der Waals surface area contributed by atoms with Crippen LogP contribution in [-0.4, -0.2) is 16.6 Å². The first kappa shape index (κ1) is 27.0. The lowest BCUT2D eigenvalue weighted by molar-refractivity contribution is 0.393. The van der Waals surface area contributed by atoms with Crippen molar-refractivity contribution in [2.45, 2.75) is 75.8 Å². The molecule has 0 aromatic heterocycles. The van der Waals surface area contributed by atoms with Crippen LogP contribution in [0.1, 0.15) is 38.5 Å². The van der Waals surface area contributed by atoms with E-state index in [2.05, 4.69) is 111 Å². The van der Waals surface area contributed by atoms with Crippen molar-refractivity contribution in [1.82, 2.24) is 0 Å². The Morgan fingerprint density at radius 3 is 2.02 bits per heavy atom. The van der Waals surface area contributed by atoms with Crippen LogP contribution in [0.5, 0.6) is 0 Å². The van der Waals surface area contributed by atoms with Crippen LogP contribution in [-0.2, 0) is 8.85 Å². The Morgan fingerprint density at radius 1 is 0.690 bits per heavy atom. The van der Waals surface area contributed by atoms with E-state index >= 15 is 0 Å². The highest BCUT2D eigenvalue weighted by Crippen LogP contribution is 2.55. The van der Waals surface area contributed by atoms with E-state index in [1.54, 1.807) is 0 Å². The molecular formula is C38H46O2Si2. The molecule has 0 spiro atoms. The molecule has 0 aromatic rings. The van der Waals surface area contributed by atoms with Crippen LogP contribution < -0.4 is 0 Å². The third-order valence-electron chi connectivity index (χ3n) is 11.8.